The van der Waals surface area contributed by atoms with Crippen LogP contribution in [-0.2, 0) is 0 Å². The van der Waals surface area contributed by atoms with Crippen LogP contribution >= 0.6 is 0 Å². The van der Waals surface area contributed by atoms with E-state index in [4.69, 9.17) is 0 Å². The van der Waals surface area contributed by atoms with E-state index in [1.165, 1.54) is 160 Å². The summed E-state index contributed by atoms with van der Waals surface area (Å²) >= 11 is 0. The minimum absolute atomic E-state index is 1.20. The summed E-state index contributed by atoms with van der Waals surface area (Å²) in [6.45, 7) is 7.39. The van der Waals surface area contributed by atoms with E-state index in [1.54, 1.807) is 5.19 Å². The Bertz CT molecular complexity index is 535. The largest absolute Gasteiger partial charge is 0.0806 e. The van der Waals surface area contributed by atoms with Crippen LogP contribution in [0.1, 0.15) is 161 Å². The van der Waals surface area contributed by atoms with Crippen LogP contribution in [0, 0.1) is 0 Å². The van der Waals surface area contributed by atoms with Crippen LogP contribution in [0.3, 0.4) is 0 Å². The van der Waals surface area contributed by atoms with E-state index < -0.39 is 8.07 Å². The van der Waals surface area contributed by atoms with Crippen LogP contribution in [0.4, 0.5) is 0 Å². The SMILES string of the molecule is CCCCCCCCCCCCCCCCCCCCCCCCCC[Si](C)(C)c1ccccc1. The van der Waals surface area contributed by atoms with Crippen molar-refractivity contribution in [3.8, 4) is 0 Å². The predicted octanol–water partition coefficient (Wildman–Crippen LogP) is 12.0. The van der Waals surface area contributed by atoms with E-state index in [0.29, 0.717) is 0 Å². The number of benzene rings is 1. The van der Waals surface area contributed by atoms with Gasteiger partial charge in [0.05, 0.1) is 8.07 Å². The number of rotatable bonds is 26. The summed E-state index contributed by atoms with van der Waals surface area (Å²) in [6, 6.07) is 12.7. The molecule has 0 unspecified atom stereocenters. The zero-order valence-corrected chi connectivity index (χ0v) is 25.6. The molecular weight excluding hydrogens is 436 g/mol. The molecular formula is C34H64Si. The first kappa shape index (κ1) is 32.5. The molecule has 0 nitrogen and oxygen atoms in total. The summed E-state index contributed by atoms with van der Waals surface area (Å²) in [5.74, 6) is 0. The van der Waals surface area contributed by atoms with Gasteiger partial charge in [0.25, 0.3) is 0 Å². The summed E-state index contributed by atoms with van der Waals surface area (Å²) < 4.78 is 0. The number of unbranched alkanes of at least 4 members (excludes halogenated alkanes) is 23. The molecule has 0 aliphatic carbocycles. The molecule has 0 aliphatic heterocycles. The molecule has 0 atom stereocenters. The molecule has 0 spiro atoms. The molecule has 0 bridgehead atoms. The Morgan fingerprint density at radius 1 is 0.400 bits per heavy atom. The second-order valence-corrected chi connectivity index (χ2v) is 17.0. The Balaban J connectivity index is 1.72. The minimum Gasteiger partial charge on any atom is -0.0654 e. The van der Waals surface area contributed by atoms with Gasteiger partial charge in [0.15, 0.2) is 0 Å². The van der Waals surface area contributed by atoms with Crippen LogP contribution in [-0.4, -0.2) is 8.07 Å². The maximum absolute atomic E-state index is 2.54. The lowest BCUT2D eigenvalue weighted by Crippen LogP contribution is -2.40. The molecule has 1 heteroatoms. The van der Waals surface area contributed by atoms with Gasteiger partial charge >= 0.3 is 0 Å². The highest BCUT2D eigenvalue weighted by molar-refractivity contribution is 6.89. The van der Waals surface area contributed by atoms with Crippen LogP contribution in [0.2, 0.25) is 19.1 Å². The van der Waals surface area contributed by atoms with Gasteiger partial charge in [-0.2, -0.15) is 0 Å². The third-order valence-electron chi connectivity index (χ3n) is 8.21. The van der Waals surface area contributed by atoms with E-state index >= 15 is 0 Å². The Hall–Kier alpha value is -0.563. The first-order valence-electron chi connectivity index (χ1n) is 16.2. The third kappa shape index (κ3) is 20.2. The molecule has 0 N–H and O–H groups in total. The lowest BCUT2D eigenvalue weighted by atomic mass is 10.0. The van der Waals surface area contributed by atoms with Crippen molar-refractivity contribution in [3.05, 3.63) is 30.3 Å². The van der Waals surface area contributed by atoms with Crippen LogP contribution < -0.4 is 5.19 Å². The quantitative estimate of drug-likeness (QED) is 0.0876. The Morgan fingerprint density at radius 3 is 1.00 bits per heavy atom. The van der Waals surface area contributed by atoms with E-state index in [1.807, 2.05) is 0 Å². The molecule has 35 heavy (non-hydrogen) atoms. The zero-order chi connectivity index (χ0) is 25.3. The summed E-state index contributed by atoms with van der Waals surface area (Å²) in [7, 11) is -1.20. The fourth-order valence-electron chi connectivity index (χ4n) is 5.56. The highest BCUT2D eigenvalue weighted by Crippen LogP contribution is 2.18. The van der Waals surface area contributed by atoms with Crippen LogP contribution in [0.5, 0.6) is 0 Å². The highest BCUT2D eigenvalue weighted by Gasteiger charge is 2.21. The van der Waals surface area contributed by atoms with Crippen molar-refractivity contribution in [3.63, 3.8) is 0 Å². The average Bonchev–Trinajstić information content (AvgIpc) is 2.87. The van der Waals surface area contributed by atoms with Crippen molar-refractivity contribution in [1.82, 2.24) is 0 Å². The zero-order valence-electron chi connectivity index (χ0n) is 24.6. The molecule has 1 aromatic carbocycles. The van der Waals surface area contributed by atoms with Crippen molar-refractivity contribution in [2.24, 2.45) is 0 Å². The van der Waals surface area contributed by atoms with Gasteiger partial charge in [-0.25, -0.2) is 0 Å². The highest BCUT2D eigenvalue weighted by atomic mass is 28.3. The molecule has 0 aliphatic rings. The fourth-order valence-corrected chi connectivity index (χ4v) is 8.08. The van der Waals surface area contributed by atoms with Crippen molar-refractivity contribution in [2.45, 2.75) is 180 Å². The van der Waals surface area contributed by atoms with Gasteiger partial charge in [0.1, 0.15) is 0 Å². The normalized spacial score (nSPS) is 11.9. The molecule has 0 heterocycles. The molecule has 1 rings (SSSR count). The molecule has 1 aromatic rings. The van der Waals surface area contributed by atoms with E-state index in [2.05, 4.69) is 50.3 Å². The van der Waals surface area contributed by atoms with Gasteiger partial charge in [-0.05, 0) is 0 Å². The summed E-state index contributed by atoms with van der Waals surface area (Å²) in [5, 5.41) is 1.63. The van der Waals surface area contributed by atoms with E-state index in [9.17, 15) is 0 Å². The maximum Gasteiger partial charge on any atom is 0.0806 e. The monoisotopic (exact) mass is 500 g/mol. The summed E-state index contributed by atoms with van der Waals surface area (Å²) in [6.07, 6.45) is 35.3. The third-order valence-corrected chi connectivity index (χ3v) is 11.7. The Morgan fingerprint density at radius 2 is 0.686 bits per heavy atom. The second kappa shape index (κ2) is 23.8. The standard InChI is InChI=1S/C34H64Si/c1-4-5-6-7-8-9-10-11-12-13-14-15-16-17-18-19-20-21-22-23-24-25-26-30-33-35(2,3)34-31-28-27-29-32-34/h27-29,31-32H,4-26,30,33H2,1-3H3. The lowest BCUT2D eigenvalue weighted by Gasteiger charge is -2.22. The van der Waals surface area contributed by atoms with Gasteiger partial charge in [0, 0.05) is 0 Å². The van der Waals surface area contributed by atoms with Crippen LogP contribution in [0.15, 0.2) is 30.3 Å². The molecule has 0 saturated heterocycles. The smallest absolute Gasteiger partial charge is 0.0654 e. The molecule has 0 radical (unpaired) electrons. The van der Waals surface area contributed by atoms with Crippen molar-refractivity contribution in [2.75, 3.05) is 0 Å². The first-order chi connectivity index (χ1) is 17.2. The molecule has 0 fully saturated rings. The molecule has 0 saturated carbocycles. The molecule has 0 amide bonds. The molecule has 0 aromatic heterocycles. The van der Waals surface area contributed by atoms with Gasteiger partial charge in [0.2, 0.25) is 0 Å². The van der Waals surface area contributed by atoms with Crippen molar-refractivity contribution in [1.29, 1.82) is 0 Å². The van der Waals surface area contributed by atoms with Crippen molar-refractivity contribution >= 4 is 13.3 Å². The van der Waals surface area contributed by atoms with Gasteiger partial charge in [-0.1, -0.05) is 216 Å². The molecule has 204 valence electrons. The summed E-state index contributed by atoms with van der Waals surface area (Å²) in [5.41, 5.74) is 0. The predicted molar refractivity (Wildman–Crippen MR) is 165 cm³/mol. The fraction of sp³-hybridized carbons (Fsp3) is 0.824. The van der Waals surface area contributed by atoms with Crippen molar-refractivity contribution < 1.29 is 0 Å². The van der Waals surface area contributed by atoms with E-state index in [0.717, 1.165) is 0 Å². The number of hydrogen-bond acceptors (Lipinski definition) is 0. The Kier molecular flexibility index (Phi) is 22.1. The van der Waals surface area contributed by atoms with Gasteiger partial charge in [-0.15, -0.1) is 0 Å². The minimum atomic E-state index is -1.20. The Labute approximate surface area is 223 Å². The van der Waals surface area contributed by atoms with Gasteiger partial charge in [-0.3, -0.25) is 0 Å². The topological polar surface area (TPSA) is 0 Å². The average molecular weight is 501 g/mol. The second-order valence-electron chi connectivity index (χ2n) is 12.1. The first-order valence-corrected chi connectivity index (χ1v) is 19.4. The lowest BCUT2D eigenvalue weighted by molar-refractivity contribution is 0.517. The van der Waals surface area contributed by atoms with Gasteiger partial charge < -0.3 is 0 Å². The van der Waals surface area contributed by atoms with Crippen LogP contribution in [0.25, 0.3) is 0 Å². The van der Waals surface area contributed by atoms with E-state index in [-0.39, 0.29) is 0 Å². The number of hydrogen-bond donors (Lipinski definition) is 0. The maximum atomic E-state index is 2.54. The summed E-state index contributed by atoms with van der Waals surface area (Å²) in [4.78, 5) is 0.